The van der Waals surface area contributed by atoms with Crippen LogP contribution in [0.2, 0.25) is 0 Å². The highest BCUT2D eigenvalue weighted by Gasteiger charge is 2.13. The Bertz CT molecular complexity index is 545. The molecule has 0 fully saturated rings. The second-order valence-electron chi connectivity index (χ2n) is 3.68. The molecule has 0 aliphatic heterocycles. The highest BCUT2D eigenvalue weighted by Crippen LogP contribution is 2.28. The first-order valence-corrected chi connectivity index (χ1v) is 6.53. The van der Waals surface area contributed by atoms with Gasteiger partial charge in [-0.3, -0.25) is 0 Å². The van der Waals surface area contributed by atoms with Crippen LogP contribution < -0.4 is 9.47 Å². The van der Waals surface area contributed by atoms with Crippen molar-refractivity contribution in [3.8, 4) is 11.5 Å². The number of thiophene rings is 1. The highest BCUT2D eigenvalue weighted by molar-refractivity contribution is 7.13. The molecule has 1 aromatic carbocycles. The van der Waals surface area contributed by atoms with Gasteiger partial charge in [-0.1, -0.05) is 12.1 Å². The summed E-state index contributed by atoms with van der Waals surface area (Å²) >= 11 is 1.42. The van der Waals surface area contributed by atoms with E-state index in [9.17, 15) is 4.79 Å². The van der Waals surface area contributed by atoms with Crippen molar-refractivity contribution in [3.05, 3.63) is 46.2 Å². The smallest absolute Gasteiger partial charge is 0.353 e. The van der Waals surface area contributed by atoms with Crippen molar-refractivity contribution in [3.63, 3.8) is 0 Å². The first kappa shape index (κ1) is 12.6. The molecule has 0 saturated carbocycles. The molecule has 0 atom stereocenters. The van der Waals surface area contributed by atoms with Gasteiger partial charge in [0, 0.05) is 4.88 Å². The van der Waals surface area contributed by atoms with Gasteiger partial charge in [0.2, 0.25) is 0 Å². The lowest BCUT2D eigenvalue weighted by Crippen LogP contribution is -2.07. The maximum absolute atomic E-state index is 11.9. The first-order valence-electron chi connectivity index (χ1n) is 5.71. The molecule has 2 aromatic rings. The van der Waals surface area contributed by atoms with Crippen molar-refractivity contribution in [2.45, 2.75) is 13.8 Å². The summed E-state index contributed by atoms with van der Waals surface area (Å²) in [5.41, 5.74) is 0. The molecule has 0 radical (unpaired) electrons. The van der Waals surface area contributed by atoms with Crippen LogP contribution in [0.4, 0.5) is 0 Å². The maximum Gasteiger partial charge on any atom is 0.353 e. The van der Waals surface area contributed by atoms with E-state index in [1.165, 1.54) is 11.3 Å². The SMILES string of the molecule is CCOc1ccccc1OC(=O)c1ccc(C)s1. The summed E-state index contributed by atoms with van der Waals surface area (Å²) in [6, 6.07) is 10.8. The third-order valence-electron chi connectivity index (χ3n) is 2.29. The van der Waals surface area contributed by atoms with Crippen molar-refractivity contribution in [2.24, 2.45) is 0 Å². The minimum Gasteiger partial charge on any atom is -0.490 e. The molecule has 0 spiro atoms. The zero-order valence-electron chi connectivity index (χ0n) is 10.3. The van der Waals surface area contributed by atoms with Crippen LogP contribution in [0, 0.1) is 6.92 Å². The number of esters is 1. The van der Waals surface area contributed by atoms with E-state index in [0.29, 0.717) is 23.0 Å². The summed E-state index contributed by atoms with van der Waals surface area (Å²) in [6.07, 6.45) is 0. The van der Waals surface area contributed by atoms with Crippen LogP contribution in [0.5, 0.6) is 11.5 Å². The van der Waals surface area contributed by atoms with Gasteiger partial charge in [-0.25, -0.2) is 4.79 Å². The summed E-state index contributed by atoms with van der Waals surface area (Å²) in [5, 5.41) is 0. The fraction of sp³-hybridized carbons (Fsp3) is 0.214. The second kappa shape index (κ2) is 5.69. The molecule has 0 unspecified atom stereocenters. The third kappa shape index (κ3) is 2.90. The number of hydrogen-bond donors (Lipinski definition) is 0. The molecular weight excluding hydrogens is 248 g/mol. The maximum atomic E-state index is 11.9. The van der Waals surface area contributed by atoms with Crippen LogP contribution >= 0.6 is 11.3 Å². The molecule has 3 nitrogen and oxygen atoms in total. The van der Waals surface area contributed by atoms with E-state index in [4.69, 9.17) is 9.47 Å². The van der Waals surface area contributed by atoms with E-state index in [2.05, 4.69) is 0 Å². The molecule has 0 saturated heterocycles. The lowest BCUT2D eigenvalue weighted by Gasteiger charge is -2.09. The minimum atomic E-state index is -0.347. The average molecular weight is 262 g/mol. The summed E-state index contributed by atoms with van der Waals surface area (Å²) in [6.45, 7) is 4.38. The topological polar surface area (TPSA) is 35.5 Å². The zero-order valence-corrected chi connectivity index (χ0v) is 11.1. The van der Waals surface area contributed by atoms with Crippen molar-refractivity contribution in [2.75, 3.05) is 6.61 Å². The standard InChI is InChI=1S/C14H14O3S/c1-3-16-11-6-4-5-7-12(11)17-14(15)13-9-8-10(2)18-13/h4-9H,3H2,1-2H3. The van der Waals surface area contributed by atoms with E-state index < -0.39 is 0 Å². The Morgan fingerprint density at radius 1 is 1.17 bits per heavy atom. The molecule has 0 aliphatic carbocycles. The summed E-state index contributed by atoms with van der Waals surface area (Å²) < 4.78 is 10.7. The molecule has 0 amide bonds. The molecule has 4 heteroatoms. The Hall–Kier alpha value is -1.81. The number of para-hydroxylation sites is 2. The number of rotatable bonds is 4. The lowest BCUT2D eigenvalue weighted by molar-refractivity contribution is 0.0733. The molecule has 1 heterocycles. The van der Waals surface area contributed by atoms with Crippen LogP contribution in [-0.4, -0.2) is 12.6 Å². The van der Waals surface area contributed by atoms with Crippen LogP contribution in [-0.2, 0) is 0 Å². The van der Waals surface area contributed by atoms with Gasteiger partial charge in [-0.05, 0) is 38.1 Å². The Kier molecular flexibility index (Phi) is 3.99. The monoisotopic (exact) mass is 262 g/mol. The van der Waals surface area contributed by atoms with Gasteiger partial charge in [0.25, 0.3) is 0 Å². The zero-order chi connectivity index (χ0) is 13.0. The van der Waals surface area contributed by atoms with Gasteiger partial charge in [-0.15, -0.1) is 11.3 Å². The molecule has 2 rings (SSSR count). The summed E-state index contributed by atoms with van der Waals surface area (Å²) in [5.74, 6) is 0.692. The normalized spacial score (nSPS) is 10.1. The summed E-state index contributed by atoms with van der Waals surface area (Å²) in [4.78, 5) is 13.6. The predicted molar refractivity (Wildman–Crippen MR) is 71.6 cm³/mol. The van der Waals surface area contributed by atoms with Gasteiger partial charge in [0.15, 0.2) is 11.5 Å². The molecule has 94 valence electrons. The van der Waals surface area contributed by atoms with Crippen molar-refractivity contribution < 1.29 is 14.3 Å². The fourth-order valence-electron chi connectivity index (χ4n) is 1.50. The quantitative estimate of drug-likeness (QED) is 0.623. The Morgan fingerprint density at radius 2 is 1.89 bits per heavy atom. The van der Waals surface area contributed by atoms with Gasteiger partial charge < -0.3 is 9.47 Å². The minimum absolute atomic E-state index is 0.347. The van der Waals surface area contributed by atoms with Crippen molar-refractivity contribution in [1.82, 2.24) is 0 Å². The van der Waals surface area contributed by atoms with E-state index in [-0.39, 0.29) is 5.97 Å². The molecule has 18 heavy (non-hydrogen) atoms. The largest absolute Gasteiger partial charge is 0.490 e. The van der Waals surface area contributed by atoms with Crippen molar-refractivity contribution >= 4 is 17.3 Å². The van der Waals surface area contributed by atoms with E-state index in [0.717, 1.165) is 4.88 Å². The number of carbonyl (C=O) groups is 1. The second-order valence-corrected chi connectivity index (χ2v) is 4.97. The Morgan fingerprint density at radius 3 is 2.50 bits per heavy atom. The molecular formula is C14H14O3S. The Labute approximate surface area is 110 Å². The number of benzene rings is 1. The van der Waals surface area contributed by atoms with Crippen LogP contribution in [0.25, 0.3) is 0 Å². The fourth-order valence-corrected chi connectivity index (χ4v) is 2.25. The van der Waals surface area contributed by atoms with E-state index >= 15 is 0 Å². The van der Waals surface area contributed by atoms with E-state index in [1.807, 2.05) is 32.0 Å². The lowest BCUT2D eigenvalue weighted by atomic mass is 10.3. The van der Waals surface area contributed by atoms with E-state index in [1.54, 1.807) is 18.2 Å². The number of carbonyl (C=O) groups excluding carboxylic acids is 1. The molecule has 0 aliphatic rings. The molecule has 0 N–H and O–H groups in total. The van der Waals surface area contributed by atoms with Crippen LogP contribution in [0.3, 0.4) is 0 Å². The van der Waals surface area contributed by atoms with Gasteiger partial charge >= 0.3 is 5.97 Å². The highest BCUT2D eigenvalue weighted by atomic mass is 32.1. The molecule has 1 aromatic heterocycles. The van der Waals surface area contributed by atoms with Crippen molar-refractivity contribution in [1.29, 1.82) is 0 Å². The van der Waals surface area contributed by atoms with Gasteiger partial charge in [0.05, 0.1) is 6.61 Å². The van der Waals surface area contributed by atoms with Gasteiger partial charge in [-0.2, -0.15) is 0 Å². The van der Waals surface area contributed by atoms with Gasteiger partial charge in [0.1, 0.15) is 4.88 Å². The Balaban J connectivity index is 2.16. The van der Waals surface area contributed by atoms with Crippen LogP contribution in [0.15, 0.2) is 36.4 Å². The number of hydrogen-bond acceptors (Lipinski definition) is 4. The summed E-state index contributed by atoms with van der Waals surface area (Å²) in [7, 11) is 0. The average Bonchev–Trinajstić information content (AvgIpc) is 2.79. The predicted octanol–water partition coefficient (Wildman–Crippen LogP) is 3.67. The third-order valence-corrected chi connectivity index (χ3v) is 3.27. The molecule has 0 bridgehead atoms. The van der Waals surface area contributed by atoms with Crippen LogP contribution in [0.1, 0.15) is 21.5 Å². The number of ether oxygens (including phenoxy) is 2. The number of aryl methyl sites for hydroxylation is 1. The first-order chi connectivity index (χ1) is 8.70.